The van der Waals surface area contributed by atoms with Gasteiger partial charge in [-0.3, -0.25) is 0 Å². The van der Waals surface area contributed by atoms with E-state index in [1.54, 1.807) is 0 Å². The van der Waals surface area contributed by atoms with Crippen molar-refractivity contribution < 1.29 is 9.53 Å². The van der Waals surface area contributed by atoms with E-state index in [9.17, 15) is 4.79 Å². The Morgan fingerprint density at radius 1 is 1.24 bits per heavy atom. The van der Waals surface area contributed by atoms with E-state index in [0.717, 1.165) is 71.1 Å². The summed E-state index contributed by atoms with van der Waals surface area (Å²) in [5.74, 6) is 0.928. The van der Waals surface area contributed by atoms with Crippen molar-refractivity contribution in [1.82, 2.24) is 20.4 Å². The highest BCUT2D eigenvalue weighted by Crippen LogP contribution is 2.12. The number of hydrogen-bond donors (Lipinski definition) is 2. The zero-order chi connectivity index (χ0) is 17.9. The molecule has 2 N–H and O–H groups in total. The minimum absolute atomic E-state index is 0.0456. The van der Waals surface area contributed by atoms with Gasteiger partial charge in [-0.25, -0.2) is 4.79 Å². The average Bonchev–Trinajstić information content (AvgIpc) is 3.05. The lowest BCUT2D eigenvalue weighted by Crippen LogP contribution is -2.34. The lowest BCUT2D eigenvalue weighted by Gasteiger charge is -2.17. The van der Waals surface area contributed by atoms with Gasteiger partial charge in [-0.1, -0.05) is 26.0 Å². The van der Waals surface area contributed by atoms with Gasteiger partial charge < -0.3 is 25.2 Å². The summed E-state index contributed by atoms with van der Waals surface area (Å²) in [4.78, 5) is 15.7. The summed E-state index contributed by atoms with van der Waals surface area (Å²) in [5.41, 5.74) is 1.22. The number of nitrogens with one attached hydrogen (secondary N) is 2. The summed E-state index contributed by atoms with van der Waals surface area (Å²) in [6.45, 7) is 12.3. The molecular formula is C19H32N4O2. The Labute approximate surface area is 151 Å². The van der Waals surface area contributed by atoms with Gasteiger partial charge in [0.25, 0.3) is 0 Å². The highest BCUT2D eigenvalue weighted by Gasteiger charge is 2.17. The van der Waals surface area contributed by atoms with Crippen LogP contribution in [0.5, 0.6) is 5.75 Å². The molecule has 6 nitrogen and oxygen atoms in total. The molecule has 0 unspecified atom stereocenters. The molecule has 0 aromatic heterocycles. The Hall–Kier alpha value is -1.79. The minimum atomic E-state index is 0.0456. The van der Waals surface area contributed by atoms with Crippen LogP contribution in [0, 0.1) is 0 Å². The molecule has 0 spiro atoms. The topological polar surface area (TPSA) is 56.8 Å². The molecular weight excluding hydrogens is 316 g/mol. The number of amides is 2. The van der Waals surface area contributed by atoms with Crippen LogP contribution in [0.2, 0.25) is 0 Å². The molecule has 1 fully saturated rings. The second-order valence-corrected chi connectivity index (χ2v) is 6.27. The molecule has 0 aliphatic carbocycles. The third kappa shape index (κ3) is 6.92. The van der Waals surface area contributed by atoms with Gasteiger partial charge in [-0.2, -0.15) is 0 Å². The van der Waals surface area contributed by atoms with Crippen LogP contribution in [0.4, 0.5) is 4.79 Å². The molecule has 1 aliphatic heterocycles. The number of rotatable bonds is 12. The first-order valence-corrected chi connectivity index (χ1v) is 9.40. The van der Waals surface area contributed by atoms with Crippen LogP contribution in [-0.2, 0) is 6.54 Å². The Kier molecular flexibility index (Phi) is 8.55. The highest BCUT2D eigenvalue weighted by molar-refractivity contribution is 5.76. The molecule has 0 atom stereocenters. The van der Waals surface area contributed by atoms with Crippen LogP contribution in [0.15, 0.2) is 24.3 Å². The second kappa shape index (κ2) is 10.9. The van der Waals surface area contributed by atoms with Gasteiger partial charge >= 0.3 is 6.03 Å². The van der Waals surface area contributed by atoms with Gasteiger partial charge in [0.05, 0.1) is 6.61 Å². The van der Waals surface area contributed by atoms with Gasteiger partial charge in [0.1, 0.15) is 5.75 Å². The molecule has 1 saturated heterocycles. The summed E-state index contributed by atoms with van der Waals surface area (Å²) < 4.78 is 5.81. The van der Waals surface area contributed by atoms with Crippen molar-refractivity contribution in [1.29, 1.82) is 0 Å². The van der Waals surface area contributed by atoms with Crippen molar-refractivity contribution in [3.8, 4) is 5.75 Å². The zero-order valence-electron chi connectivity index (χ0n) is 15.6. The maximum atomic E-state index is 11.4. The lowest BCUT2D eigenvalue weighted by atomic mass is 10.2. The number of carbonyl (C=O) groups excluding carboxylic acids is 1. The van der Waals surface area contributed by atoms with Crippen molar-refractivity contribution in [3.63, 3.8) is 0 Å². The van der Waals surface area contributed by atoms with Crippen molar-refractivity contribution in [2.24, 2.45) is 0 Å². The van der Waals surface area contributed by atoms with E-state index >= 15 is 0 Å². The fraction of sp³-hybridized carbons (Fsp3) is 0.632. The molecule has 1 aromatic rings. The molecule has 25 heavy (non-hydrogen) atoms. The molecule has 2 rings (SSSR count). The van der Waals surface area contributed by atoms with Crippen LogP contribution >= 0.6 is 0 Å². The van der Waals surface area contributed by atoms with Crippen LogP contribution < -0.4 is 15.4 Å². The standard InChI is InChI=1S/C19H32N4O2/c1-3-22(4-2)12-5-15-25-18-8-6-17(7-9-18)16-20-10-13-23-14-11-21-19(23)24/h6-9,20H,3-5,10-16H2,1-2H3,(H,21,24). The van der Waals surface area contributed by atoms with Gasteiger partial charge in [0, 0.05) is 39.3 Å². The van der Waals surface area contributed by atoms with Crippen molar-refractivity contribution >= 4 is 6.03 Å². The van der Waals surface area contributed by atoms with Crippen LogP contribution in [0.3, 0.4) is 0 Å². The van der Waals surface area contributed by atoms with E-state index in [0.29, 0.717) is 0 Å². The Bertz CT molecular complexity index is 503. The third-order valence-electron chi connectivity index (χ3n) is 4.54. The van der Waals surface area contributed by atoms with Gasteiger partial charge in [-0.05, 0) is 37.2 Å². The fourth-order valence-electron chi connectivity index (χ4n) is 2.89. The van der Waals surface area contributed by atoms with E-state index in [1.807, 2.05) is 17.0 Å². The summed E-state index contributed by atoms with van der Waals surface area (Å²) in [6.07, 6.45) is 1.05. The van der Waals surface area contributed by atoms with Crippen LogP contribution in [0.1, 0.15) is 25.8 Å². The van der Waals surface area contributed by atoms with E-state index in [4.69, 9.17) is 4.74 Å². The smallest absolute Gasteiger partial charge is 0.317 e. The Morgan fingerprint density at radius 2 is 2.00 bits per heavy atom. The lowest BCUT2D eigenvalue weighted by molar-refractivity contribution is 0.217. The third-order valence-corrected chi connectivity index (χ3v) is 4.54. The van der Waals surface area contributed by atoms with Crippen molar-refractivity contribution in [2.75, 3.05) is 52.4 Å². The summed E-state index contributed by atoms with van der Waals surface area (Å²) in [5, 5.41) is 6.19. The molecule has 140 valence electrons. The number of nitrogens with zero attached hydrogens (tertiary/aromatic N) is 2. The predicted molar refractivity (Wildman–Crippen MR) is 101 cm³/mol. The number of urea groups is 1. The second-order valence-electron chi connectivity index (χ2n) is 6.27. The van der Waals surface area contributed by atoms with Gasteiger partial charge in [0.15, 0.2) is 0 Å². The first kappa shape index (κ1) is 19.5. The fourth-order valence-corrected chi connectivity index (χ4v) is 2.89. The normalized spacial score (nSPS) is 14.2. The van der Waals surface area contributed by atoms with Crippen molar-refractivity contribution in [2.45, 2.75) is 26.8 Å². The first-order valence-electron chi connectivity index (χ1n) is 9.40. The predicted octanol–water partition coefficient (Wildman–Crippen LogP) is 1.91. The summed E-state index contributed by atoms with van der Waals surface area (Å²) in [6, 6.07) is 8.29. The van der Waals surface area contributed by atoms with E-state index in [2.05, 4.69) is 41.5 Å². The van der Waals surface area contributed by atoms with Crippen molar-refractivity contribution in [3.05, 3.63) is 29.8 Å². The number of carbonyl (C=O) groups is 1. The molecule has 1 aromatic carbocycles. The number of ether oxygens (including phenoxy) is 1. The summed E-state index contributed by atoms with van der Waals surface area (Å²) >= 11 is 0. The SMILES string of the molecule is CCN(CC)CCCOc1ccc(CNCCN2CCNC2=O)cc1. The van der Waals surface area contributed by atoms with E-state index in [-0.39, 0.29) is 6.03 Å². The maximum absolute atomic E-state index is 11.4. The number of benzene rings is 1. The quantitative estimate of drug-likeness (QED) is 0.567. The average molecular weight is 348 g/mol. The molecule has 0 saturated carbocycles. The van der Waals surface area contributed by atoms with Crippen LogP contribution in [0.25, 0.3) is 0 Å². The van der Waals surface area contributed by atoms with Gasteiger partial charge in [-0.15, -0.1) is 0 Å². The van der Waals surface area contributed by atoms with Crippen LogP contribution in [-0.4, -0.2) is 68.3 Å². The molecule has 0 radical (unpaired) electrons. The van der Waals surface area contributed by atoms with Gasteiger partial charge in [0.2, 0.25) is 0 Å². The monoisotopic (exact) mass is 348 g/mol. The number of hydrogen-bond acceptors (Lipinski definition) is 4. The Morgan fingerprint density at radius 3 is 2.64 bits per heavy atom. The van der Waals surface area contributed by atoms with E-state index < -0.39 is 0 Å². The molecule has 1 aliphatic rings. The molecule has 1 heterocycles. The maximum Gasteiger partial charge on any atom is 0.317 e. The molecule has 2 amide bonds. The first-order chi connectivity index (χ1) is 12.2. The Balaban J connectivity index is 1.58. The zero-order valence-corrected chi connectivity index (χ0v) is 15.6. The minimum Gasteiger partial charge on any atom is -0.494 e. The van der Waals surface area contributed by atoms with E-state index in [1.165, 1.54) is 5.56 Å². The highest BCUT2D eigenvalue weighted by atomic mass is 16.5. The largest absolute Gasteiger partial charge is 0.494 e. The molecule has 6 heteroatoms. The summed E-state index contributed by atoms with van der Waals surface area (Å²) in [7, 11) is 0. The molecule has 0 bridgehead atoms.